The lowest BCUT2D eigenvalue weighted by molar-refractivity contribution is -0.287. The Kier molecular flexibility index (Phi) is 6.41. The van der Waals surface area contributed by atoms with Gasteiger partial charge in [0.1, 0.15) is 5.75 Å². The summed E-state index contributed by atoms with van der Waals surface area (Å²) in [5.74, 6) is -0.144. The van der Waals surface area contributed by atoms with Crippen molar-refractivity contribution in [2.45, 2.75) is 34.0 Å². The lowest BCUT2D eigenvalue weighted by Crippen LogP contribution is -2.27. The van der Waals surface area contributed by atoms with E-state index in [1.165, 1.54) is 6.07 Å². The van der Waals surface area contributed by atoms with E-state index in [1.54, 1.807) is 24.3 Å². The van der Waals surface area contributed by atoms with E-state index in [1.807, 2.05) is 70.2 Å². The van der Waals surface area contributed by atoms with Crippen molar-refractivity contribution in [3.05, 3.63) is 99.5 Å². The number of rotatable bonds is 5. The van der Waals surface area contributed by atoms with E-state index in [2.05, 4.69) is 15.9 Å². The van der Waals surface area contributed by atoms with Crippen LogP contribution in [0.3, 0.4) is 0 Å². The fourth-order valence-electron chi connectivity index (χ4n) is 4.64. The van der Waals surface area contributed by atoms with Crippen molar-refractivity contribution in [1.29, 1.82) is 0 Å². The highest BCUT2D eigenvalue weighted by Gasteiger charge is 2.48. The lowest BCUT2D eigenvalue weighted by atomic mass is 10.2. The van der Waals surface area contributed by atoms with Crippen molar-refractivity contribution in [1.82, 2.24) is 0 Å². The van der Waals surface area contributed by atoms with Crippen LogP contribution in [0.1, 0.15) is 22.3 Å². The van der Waals surface area contributed by atoms with Crippen LogP contribution in [0.5, 0.6) is 23.0 Å². The van der Waals surface area contributed by atoms with Gasteiger partial charge in [0, 0.05) is 15.9 Å². The summed E-state index contributed by atoms with van der Waals surface area (Å²) in [7, 11) is -3.63. The first-order chi connectivity index (χ1) is 17.5. The molecule has 0 saturated heterocycles. The Morgan fingerprint density at radius 2 is 1.24 bits per heavy atom. The largest absolute Gasteiger partial charge is 0.586 e. The van der Waals surface area contributed by atoms with E-state index in [9.17, 15) is 8.78 Å². The Morgan fingerprint density at radius 3 is 1.76 bits per heavy atom. The Labute approximate surface area is 222 Å². The number of alkyl halides is 2. The summed E-state index contributed by atoms with van der Waals surface area (Å²) >= 11 is 3.44. The Bertz CT molecular complexity index is 1470. The summed E-state index contributed by atoms with van der Waals surface area (Å²) in [6.45, 7) is 7.73. The molecule has 4 aromatic carbocycles. The minimum absolute atomic E-state index is 0.0226. The molecular formula is C29H24BrF2O4P. The quantitative estimate of drug-likeness (QED) is 0.229. The molecule has 0 N–H and O–H groups in total. The third kappa shape index (κ3) is 4.78. The molecule has 0 fully saturated rings. The number of halogens is 3. The van der Waals surface area contributed by atoms with Crippen molar-refractivity contribution in [2.24, 2.45) is 0 Å². The van der Waals surface area contributed by atoms with Crippen LogP contribution >= 0.6 is 23.1 Å². The van der Waals surface area contributed by atoms with Crippen molar-refractivity contribution >= 4 is 39.0 Å². The van der Waals surface area contributed by atoms with Crippen LogP contribution in [0.15, 0.2) is 77.3 Å². The van der Waals surface area contributed by atoms with Gasteiger partial charge in [-0.25, -0.2) is 0 Å². The van der Waals surface area contributed by atoms with E-state index >= 15 is 4.57 Å². The first-order valence-corrected chi connectivity index (χ1v) is 14.1. The summed E-state index contributed by atoms with van der Waals surface area (Å²) in [6.07, 6.45) is -3.90. The van der Waals surface area contributed by atoms with Gasteiger partial charge in [-0.2, -0.15) is 0 Å². The second-order valence-corrected chi connectivity index (χ2v) is 12.8. The minimum atomic E-state index is -3.90. The first-order valence-electron chi connectivity index (χ1n) is 11.6. The normalized spacial score (nSPS) is 14.0. The fourth-order valence-corrected chi connectivity index (χ4v) is 8.84. The number of benzene rings is 4. The van der Waals surface area contributed by atoms with Gasteiger partial charge in [-0.05, 0) is 86.1 Å². The number of para-hydroxylation sites is 1. The van der Waals surface area contributed by atoms with Gasteiger partial charge < -0.3 is 18.8 Å². The topological polar surface area (TPSA) is 44.8 Å². The van der Waals surface area contributed by atoms with Crippen molar-refractivity contribution < 1.29 is 27.6 Å². The summed E-state index contributed by atoms with van der Waals surface area (Å²) in [6, 6.07) is 21.7. The monoisotopic (exact) mass is 584 g/mol. The maximum atomic E-state index is 15.4. The van der Waals surface area contributed by atoms with Gasteiger partial charge in [-0.1, -0.05) is 52.6 Å². The molecule has 0 bridgehead atoms. The van der Waals surface area contributed by atoms with Crippen molar-refractivity contribution in [3.8, 4) is 23.0 Å². The molecule has 4 nitrogen and oxygen atoms in total. The molecule has 8 heteroatoms. The molecule has 4 aromatic rings. The summed E-state index contributed by atoms with van der Waals surface area (Å²) in [5.41, 5.74) is 3.74. The molecule has 0 atom stereocenters. The molecular weight excluding hydrogens is 561 g/mol. The lowest BCUT2D eigenvalue weighted by Gasteiger charge is -2.24. The van der Waals surface area contributed by atoms with Gasteiger partial charge in [0.2, 0.25) is 5.75 Å². The van der Waals surface area contributed by atoms with Crippen LogP contribution in [-0.4, -0.2) is 6.29 Å². The molecule has 0 radical (unpaired) electrons. The van der Waals surface area contributed by atoms with Crippen LogP contribution < -0.4 is 30.1 Å². The number of hydrogen-bond donors (Lipinski definition) is 0. The van der Waals surface area contributed by atoms with Gasteiger partial charge in [-0.15, -0.1) is 8.78 Å². The molecule has 1 aliphatic heterocycles. The van der Waals surface area contributed by atoms with E-state index in [0.29, 0.717) is 16.4 Å². The number of ether oxygens (including phenoxy) is 3. The molecule has 0 saturated carbocycles. The Hall–Kier alpha value is -3.15. The van der Waals surface area contributed by atoms with Gasteiger partial charge in [-0.3, -0.25) is 0 Å². The molecule has 1 aliphatic rings. The van der Waals surface area contributed by atoms with Gasteiger partial charge in [0.05, 0.1) is 4.47 Å². The van der Waals surface area contributed by atoms with Crippen molar-refractivity contribution in [2.75, 3.05) is 0 Å². The predicted molar refractivity (Wildman–Crippen MR) is 145 cm³/mol. The third-order valence-electron chi connectivity index (χ3n) is 6.01. The van der Waals surface area contributed by atoms with Crippen LogP contribution in [0, 0.1) is 27.7 Å². The zero-order chi connectivity index (χ0) is 26.5. The molecule has 1 heterocycles. The van der Waals surface area contributed by atoms with Gasteiger partial charge in [0.25, 0.3) is 0 Å². The van der Waals surface area contributed by atoms with Crippen LogP contribution in [0.2, 0.25) is 0 Å². The van der Waals surface area contributed by atoms with E-state index in [4.69, 9.17) is 14.2 Å². The SMILES string of the molecule is Cc1cc(C)cc(P(=O)(c2cc(C)cc(C)c2)c2cc(Oc3ccccc3)c3c(c2Br)OC(F)(F)O3)c1. The summed E-state index contributed by atoms with van der Waals surface area (Å²) < 4.78 is 60.0. The number of fused-ring (bicyclic) bond motifs is 1. The zero-order valence-corrected chi connectivity index (χ0v) is 23.1. The fraction of sp³-hybridized carbons (Fsp3) is 0.172. The maximum Gasteiger partial charge on any atom is 0.586 e. The Balaban J connectivity index is 1.84. The second-order valence-electron chi connectivity index (χ2n) is 9.25. The first kappa shape index (κ1) is 25.5. The zero-order valence-electron chi connectivity index (χ0n) is 20.6. The van der Waals surface area contributed by atoms with Crippen LogP contribution in [0.25, 0.3) is 0 Å². The average Bonchev–Trinajstić information content (AvgIpc) is 3.16. The van der Waals surface area contributed by atoms with Crippen molar-refractivity contribution in [3.63, 3.8) is 0 Å². The smallest absolute Gasteiger partial charge is 0.453 e. The summed E-state index contributed by atoms with van der Waals surface area (Å²) in [5, 5.41) is 1.42. The highest BCUT2D eigenvalue weighted by atomic mass is 79.9. The number of aryl methyl sites for hydroxylation is 4. The molecule has 5 rings (SSSR count). The molecule has 190 valence electrons. The molecule has 0 unspecified atom stereocenters. The van der Waals surface area contributed by atoms with Gasteiger partial charge in [0.15, 0.2) is 18.6 Å². The summed E-state index contributed by atoms with van der Waals surface area (Å²) in [4.78, 5) is 0. The highest BCUT2D eigenvalue weighted by molar-refractivity contribution is 9.10. The number of hydrogen-bond acceptors (Lipinski definition) is 4. The van der Waals surface area contributed by atoms with Crippen LogP contribution in [-0.2, 0) is 4.57 Å². The van der Waals surface area contributed by atoms with Crippen LogP contribution in [0.4, 0.5) is 8.78 Å². The predicted octanol–water partition coefficient (Wildman–Crippen LogP) is 7.44. The second kappa shape index (κ2) is 9.30. The third-order valence-corrected chi connectivity index (χ3v) is 10.1. The molecule has 0 amide bonds. The van der Waals surface area contributed by atoms with E-state index < -0.39 is 13.4 Å². The Morgan fingerprint density at radius 1 is 0.757 bits per heavy atom. The molecule has 0 spiro atoms. The molecule has 0 aliphatic carbocycles. The van der Waals surface area contributed by atoms with E-state index in [-0.39, 0.29) is 27.0 Å². The molecule has 37 heavy (non-hydrogen) atoms. The molecule has 0 aromatic heterocycles. The van der Waals surface area contributed by atoms with E-state index in [0.717, 1.165) is 22.3 Å². The standard InChI is InChI=1S/C29H24BrF2O4P/c1-17-10-18(2)13-22(12-17)37(33,23-14-19(3)11-20(4)15-23)25-16-24(34-21-8-6-5-7-9-21)27-28(26(25)30)36-29(31,32)35-27/h5-16H,1-4H3. The minimum Gasteiger partial charge on any atom is -0.453 e. The van der Waals surface area contributed by atoms with Gasteiger partial charge >= 0.3 is 6.29 Å². The average molecular weight is 585 g/mol. The maximum absolute atomic E-state index is 15.4. The highest BCUT2D eigenvalue weighted by Crippen LogP contribution is 2.56.